The van der Waals surface area contributed by atoms with Gasteiger partial charge in [0.1, 0.15) is 18.1 Å². The van der Waals surface area contributed by atoms with Crippen molar-refractivity contribution in [2.24, 2.45) is 0 Å². The third kappa shape index (κ3) is 5.41. The lowest BCUT2D eigenvalue weighted by Crippen LogP contribution is -2.26. The number of benzene rings is 2. The topological polar surface area (TPSA) is 111 Å². The first-order valence-electron chi connectivity index (χ1n) is 9.75. The first-order valence-corrected chi connectivity index (χ1v) is 9.75. The number of esters is 1. The Morgan fingerprint density at radius 3 is 2.61 bits per heavy atom. The Kier molecular flexibility index (Phi) is 6.46. The molecule has 31 heavy (non-hydrogen) atoms. The second-order valence-corrected chi connectivity index (χ2v) is 6.74. The monoisotopic (exact) mass is 419 g/mol. The van der Waals surface area contributed by atoms with E-state index in [0.29, 0.717) is 48.0 Å². The predicted molar refractivity (Wildman–Crippen MR) is 112 cm³/mol. The summed E-state index contributed by atoms with van der Waals surface area (Å²) in [5.41, 5.74) is 1.83. The summed E-state index contributed by atoms with van der Waals surface area (Å²) in [7, 11) is 0. The van der Waals surface area contributed by atoms with Crippen LogP contribution in [0.2, 0.25) is 0 Å². The Balaban J connectivity index is 1.18. The molecule has 0 radical (unpaired) electrons. The number of aromatic nitrogens is 4. The Labute approximate surface area is 178 Å². The van der Waals surface area contributed by atoms with Gasteiger partial charge in [-0.15, -0.1) is 5.10 Å². The number of fused-ring (bicyclic) bond motifs is 1. The molecule has 2 heterocycles. The molecule has 0 bridgehead atoms. The molecule has 0 saturated heterocycles. The summed E-state index contributed by atoms with van der Waals surface area (Å²) in [6, 6.07) is 19.2. The van der Waals surface area contributed by atoms with Gasteiger partial charge in [0.05, 0.1) is 11.7 Å². The molecule has 0 aliphatic carbocycles. The first kappa shape index (κ1) is 20.5. The third-order valence-corrected chi connectivity index (χ3v) is 4.53. The van der Waals surface area contributed by atoms with Crippen LogP contribution in [0.15, 0.2) is 72.9 Å². The molecule has 0 amide bonds. The molecule has 0 aliphatic rings. The van der Waals surface area contributed by atoms with Crippen molar-refractivity contribution < 1.29 is 19.4 Å². The Morgan fingerprint density at radius 2 is 1.81 bits per heavy atom. The number of hydrogen-bond donors (Lipinski definition) is 2. The van der Waals surface area contributed by atoms with E-state index < -0.39 is 12.1 Å². The van der Waals surface area contributed by atoms with Crippen molar-refractivity contribution >= 4 is 11.6 Å². The molecule has 0 spiro atoms. The average Bonchev–Trinajstić information content (AvgIpc) is 3.28. The number of pyridine rings is 1. The van der Waals surface area contributed by atoms with Crippen LogP contribution in [0.25, 0.3) is 5.65 Å². The molecule has 0 fully saturated rings. The number of carbonyl (C=O) groups excluding carboxylic acids is 1. The van der Waals surface area contributed by atoms with Gasteiger partial charge in [0.25, 0.3) is 0 Å². The van der Waals surface area contributed by atoms with Gasteiger partial charge < -0.3 is 19.9 Å². The van der Waals surface area contributed by atoms with Crippen LogP contribution in [0.4, 0.5) is 0 Å². The van der Waals surface area contributed by atoms with Crippen LogP contribution in [0.1, 0.15) is 22.0 Å². The summed E-state index contributed by atoms with van der Waals surface area (Å²) >= 11 is 0. The predicted octanol–water partition coefficient (Wildman–Crippen LogP) is 2.05. The van der Waals surface area contributed by atoms with Gasteiger partial charge in [-0.1, -0.05) is 24.3 Å². The zero-order valence-corrected chi connectivity index (χ0v) is 16.6. The largest absolute Gasteiger partial charge is 0.492 e. The molecule has 0 unspecified atom stereocenters. The number of nitrogens with zero attached hydrogens (tertiary/aromatic N) is 4. The van der Waals surface area contributed by atoms with Crippen molar-refractivity contribution in [3.05, 3.63) is 84.1 Å². The van der Waals surface area contributed by atoms with Gasteiger partial charge in [-0.05, 0) is 52.9 Å². The van der Waals surface area contributed by atoms with Crippen LogP contribution < -0.4 is 14.8 Å². The fraction of sp³-hybridized carbons (Fsp3) is 0.182. The highest BCUT2D eigenvalue weighted by Crippen LogP contribution is 2.19. The molecular formula is C22H21N5O4. The van der Waals surface area contributed by atoms with Gasteiger partial charge in [0, 0.05) is 24.8 Å². The summed E-state index contributed by atoms with van der Waals surface area (Å²) in [4.78, 5) is 12.1. The zero-order chi connectivity index (χ0) is 21.5. The average molecular weight is 419 g/mol. The first-order chi connectivity index (χ1) is 15.2. The van der Waals surface area contributed by atoms with Gasteiger partial charge in [-0.3, -0.25) is 0 Å². The summed E-state index contributed by atoms with van der Waals surface area (Å²) in [5, 5.41) is 24.7. The minimum Gasteiger partial charge on any atom is -0.492 e. The van der Waals surface area contributed by atoms with E-state index in [1.165, 1.54) is 4.52 Å². The minimum absolute atomic E-state index is 0.366. The lowest BCUT2D eigenvalue weighted by atomic mass is 10.1. The van der Waals surface area contributed by atoms with Crippen LogP contribution in [0, 0.1) is 0 Å². The molecule has 2 aromatic carbocycles. The number of carbonyl (C=O) groups is 1. The van der Waals surface area contributed by atoms with Gasteiger partial charge >= 0.3 is 5.97 Å². The fourth-order valence-corrected chi connectivity index (χ4v) is 2.90. The van der Waals surface area contributed by atoms with E-state index in [0.717, 1.165) is 0 Å². The van der Waals surface area contributed by atoms with Gasteiger partial charge in [-0.25, -0.2) is 9.31 Å². The SMILES string of the molecule is O=C(Oc1ccc(OCCNC[C@H](O)c2ccc3nnnn3c2)cc1)c1ccccc1. The standard InChI is InChI=1S/C22H21N5O4/c28-20(17-6-11-21-24-25-26-27(21)15-17)14-23-12-13-30-18-7-9-19(10-8-18)31-22(29)16-4-2-1-3-5-16/h1-11,15,20,23,28H,12-14H2/t20-/m0/s1. The second kappa shape index (κ2) is 9.79. The maximum atomic E-state index is 12.1. The summed E-state index contributed by atoms with van der Waals surface area (Å²) < 4.78 is 12.5. The van der Waals surface area contributed by atoms with Crippen LogP contribution >= 0.6 is 0 Å². The number of ether oxygens (including phenoxy) is 2. The normalized spacial score (nSPS) is 11.9. The third-order valence-electron chi connectivity index (χ3n) is 4.53. The number of aliphatic hydroxyl groups is 1. The second-order valence-electron chi connectivity index (χ2n) is 6.74. The van der Waals surface area contributed by atoms with Crippen molar-refractivity contribution in [1.82, 2.24) is 25.4 Å². The fourth-order valence-electron chi connectivity index (χ4n) is 2.90. The molecule has 158 valence electrons. The lowest BCUT2D eigenvalue weighted by molar-refractivity contribution is 0.0734. The zero-order valence-electron chi connectivity index (χ0n) is 16.6. The van der Waals surface area contributed by atoms with Gasteiger partial charge in [0.15, 0.2) is 5.65 Å². The van der Waals surface area contributed by atoms with Crippen molar-refractivity contribution in [2.75, 3.05) is 19.7 Å². The van der Waals surface area contributed by atoms with Crippen LogP contribution in [0.3, 0.4) is 0 Å². The quantitative estimate of drug-likeness (QED) is 0.241. The minimum atomic E-state index is -0.688. The Bertz CT molecular complexity index is 1130. The lowest BCUT2D eigenvalue weighted by Gasteiger charge is -2.13. The number of nitrogens with one attached hydrogen (secondary N) is 1. The Hall–Kier alpha value is -3.82. The van der Waals surface area contributed by atoms with E-state index in [1.807, 2.05) is 6.07 Å². The van der Waals surface area contributed by atoms with Crippen molar-refractivity contribution in [1.29, 1.82) is 0 Å². The molecule has 2 N–H and O–H groups in total. The van der Waals surface area contributed by atoms with E-state index in [-0.39, 0.29) is 0 Å². The summed E-state index contributed by atoms with van der Waals surface area (Å²) in [5.74, 6) is 0.698. The molecule has 0 saturated carbocycles. The number of aliphatic hydroxyl groups excluding tert-OH is 1. The maximum absolute atomic E-state index is 12.1. The molecule has 4 aromatic rings. The summed E-state index contributed by atoms with van der Waals surface area (Å²) in [6.07, 6.45) is 1.01. The van der Waals surface area contributed by atoms with E-state index in [9.17, 15) is 9.90 Å². The number of hydrogen-bond acceptors (Lipinski definition) is 8. The number of rotatable bonds is 9. The molecule has 1 atom stereocenters. The van der Waals surface area contributed by atoms with E-state index >= 15 is 0 Å². The Morgan fingerprint density at radius 1 is 1.03 bits per heavy atom. The van der Waals surface area contributed by atoms with Gasteiger partial charge in [-0.2, -0.15) is 0 Å². The smallest absolute Gasteiger partial charge is 0.343 e. The molecule has 9 heteroatoms. The molecule has 2 aromatic heterocycles. The highest BCUT2D eigenvalue weighted by molar-refractivity contribution is 5.90. The maximum Gasteiger partial charge on any atom is 0.343 e. The van der Waals surface area contributed by atoms with Crippen molar-refractivity contribution in [2.45, 2.75) is 6.10 Å². The number of tetrazole rings is 1. The van der Waals surface area contributed by atoms with Gasteiger partial charge in [0.2, 0.25) is 0 Å². The highest BCUT2D eigenvalue weighted by atomic mass is 16.5. The van der Waals surface area contributed by atoms with Crippen LogP contribution in [-0.2, 0) is 0 Å². The van der Waals surface area contributed by atoms with E-state index in [1.54, 1.807) is 66.9 Å². The molecular weight excluding hydrogens is 398 g/mol. The van der Waals surface area contributed by atoms with E-state index in [4.69, 9.17) is 9.47 Å². The van der Waals surface area contributed by atoms with Crippen LogP contribution in [-0.4, -0.2) is 50.8 Å². The highest BCUT2D eigenvalue weighted by Gasteiger charge is 2.10. The molecule has 0 aliphatic heterocycles. The molecule has 4 rings (SSSR count). The van der Waals surface area contributed by atoms with Crippen molar-refractivity contribution in [3.8, 4) is 11.5 Å². The summed E-state index contributed by atoms with van der Waals surface area (Å²) in [6.45, 7) is 1.34. The molecule has 9 nitrogen and oxygen atoms in total. The van der Waals surface area contributed by atoms with Crippen LogP contribution in [0.5, 0.6) is 11.5 Å². The van der Waals surface area contributed by atoms with E-state index in [2.05, 4.69) is 20.8 Å². The van der Waals surface area contributed by atoms with Crippen molar-refractivity contribution in [3.63, 3.8) is 0 Å².